The molecular formula is C16H25NO3. The molecule has 0 atom stereocenters. The summed E-state index contributed by atoms with van der Waals surface area (Å²) in [5.41, 5.74) is 1.05. The number of nitrogens with zero attached hydrogens (tertiary/aromatic N) is 1. The van der Waals surface area contributed by atoms with Gasteiger partial charge in [0.15, 0.2) is 0 Å². The molecule has 0 radical (unpaired) electrons. The van der Waals surface area contributed by atoms with E-state index < -0.39 is 5.97 Å². The van der Waals surface area contributed by atoms with E-state index in [4.69, 9.17) is 4.42 Å². The first kappa shape index (κ1) is 15.1. The Bertz CT molecular complexity index is 491. The predicted molar refractivity (Wildman–Crippen MR) is 78.2 cm³/mol. The molecule has 2 heterocycles. The molecule has 0 bridgehead atoms. The third kappa shape index (κ3) is 3.06. The minimum atomic E-state index is -0.881. The van der Waals surface area contributed by atoms with Crippen molar-refractivity contribution in [3.63, 3.8) is 0 Å². The lowest BCUT2D eigenvalue weighted by Gasteiger charge is -2.27. The number of carboxylic acids is 1. The standard InChI is InChI=1S/C16H25NO3/c1-11-13(15(18)19)12(14(20-11)16(2,3)4)10-17-8-6-5-7-9-17/h5-10H2,1-4H3,(H,18,19). The summed E-state index contributed by atoms with van der Waals surface area (Å²) < 4.78 is 5.81. The maximum absolute atomic E-state index is 11.5. The van der Waals surface area contributed by atoms with Crippen LogP contribution in [0.5, 0.6) is 0 Å². The number of carbonyl (C=O) groups is 1. The van der Waals surface area contributed by atoms with E-state index in [1.54, 1.807) is 6.92 Å². The second-order valence-electron chi connectivity index (χ2n) is 6.73. The highest BCUT2D eigenvalue weighted by atomic mass is 16.4. The van der Waals surface area contributed by atoms with Crippen molar-refractivity contribution in [2.24, 2.45) is 0 Å². The van der Waals surface area contributed by atoms with Crippen LogP contribution in [0, 0.1) is 6.92 Å². The first-order chi connectivity index (χ1) is 9.30. The zero-order valence-electron chi connectivity index (χ0n) is 13.0. The smallest absolute Gasteiger partial charge is 0.339 e. The lowest BCUT2D eigenvalue weighted by atomic mass is 9.88. The van der Waals surface area contributed by atoms with Gasteiger partial charge in [-0.05, 0) is 32.9 Å². The molecule has 1 aromatic heterocycles. The summed E-state index contributed by atoms with van der Waals surface area (Å²) in [5.74, 6) is 0.459. The Morgan fingerprint density at radius 1 is 1.25 bits per heavy atom. The molecule has 112 valence electrons. The van der Waals surface area contributed by atoms with E-state index in [-0.39, 0.29) is 5.41 Å². The van der Waals surface area contributed by atoms with Gasteiger partial charge in [0.2, 0.25) is 0 Å². The Kier molecular flexibility index (Phi) is 4.23. The monoisotopic (exact) mass is 279 g/mol. The van der Waals surface area contributed by atoms with E-state index in [0.717, 1.165) is 24.4 Å². The molecule has 0 aromatic carbocycles. The Hall–Kier alpha value is -1.29. The van der Waals surface area contributed by atoms with Gasteiger partial charge in [-0.2, -0.15) is 0 Å². The Morgan fingerprint density at radius 2 is 1.85 bits per heavy atom. The molecular weight excluding hydrogens is 254 g/mol. The molecule has 4 heteroatoms. The number of aryl methyl sites for hydroxylation is 1. The van der Waals surface area contributed by atoms with Crippen LogP contribution in [0.4, 0.5) is 0 Å². The van der Waals surface area contributed by atoms with E-state index in [1.165, 1.54) is 19.3 Å². The largest absolute Gasteiger partial charge is 0.478 e. The summed E-state index contributed by atoms with van der Waals surface area (Å²) in [6, 6.07) is 0. The number of likely N-dealkylation sites (tertiary alicyclic amines) is 1. The SMILES string of the molecule is Cc1oc(C(C)(C)C)c(CN2CCCCC2)c1C(=O)O. The van der Waals surface area contributed by atoms with Gasteiger partial charge in [0.1, 0.15) is 17.1 Å². The molecule has 0 aliphatic carbocycles. The van der Waals surface area contributed by atoms with Gasteiger partial charge in [0.25, 0.3) is 0 Å². The van der Waals surface area contributed by atoms with Crippen molar-refractivity contribution in [2.75, 3.05) is 13.1 Å². The lowest BCUT2D eigenvalue weighted by molar-refractivity contribution is 0.0692. The highest BCUT2D eigenvalue weighted by molar-refractivity contribution is 5.91. The molecule has 4 nitrogen and oxygen atoms in total. The second kappa shape index (κ2) is 5.60. The molecule has 1 N–H and O–H groups in total. The van der Waals surface area contributed by atoms with Gasteiger partial charge < -0.3 is 9.52 Å². The maximum Gasteiger partial charge on any atom is 0.339 e. The van der Waals surface area contributed by atoms with Crippen LogP contribution in [0.15, 0.2) is 4.42 Å². The van der Waals surface area contributed by atoms with E-state index >= 15 is 0 Å². The number of piperidine rings is 1. The minimum Gasteiger partial charge on any atom is -0.478 e. The molecule has 1 fully saturated rings. The molecule has 0 saturated carbocycles. The lowest BCUT2D eigenvalue weighted by Crippen LogP contribution is -2.30. The maximum atomic E-state index is 11.5. The van der Waals surface area contributed by atoms with Crippen molar-refractivity contribution >= 4 is 5.97 Å². The average Bonchev–Trinajstić information content (AvgIpc) is 2.67. The summed E-state index contributed by atoms with van der Waals surface area (Å²) in [6.45, 7) is 10.7. The predicted octanol–water partition coefficient (Wildman–Crippen LogP) is 3.57. The van der Waals surface area contributed by atoms with Crippen LogP contribution >= 0.6 is 0 Å². The molecule has 1 saturated heterocycles. The van der Waals surface area contributed by atoms with Crippen molar-refractivity contribution in [1.29, 1.82) is 0 Å². The van der Waals surface area contributed by atoms with Gasteiger partial charge >= 0.3 is 5.97 Å². The summed E-state index contributed by atoms with van der Waals surface area (Å²) >= 11 is 0. The molecule has 1 aliphatic rings. The third-order valence-corrected chi connectivity index (χ3v) is 3.91. The normalized spacial score (nSPS) is 17.4. The highest BCUT2D eigenvalue weighted by Gasteiger charge is 2.31. The first-order valence-corrected chi connectivity index (χ1v) is 7.39. The Balaban J connectivity index is 2.39. The average molecular weight is 279 g/mol. The zero-order chi connectivity index (χ0) is 14.9. The fourth-order valence-corrected chi connectivity index (χ4v) is 2.97. The highest BCUT2D eigenvalue weighted by Crippen LogP contribution is 2.33. The van der Waals surface area contributed by atoms with Crippen LogP contribution in [-0.4, -0.2) is 29.1 Å². The molecule has 0 unspecified atom stereocenters. The molecule has 1 aromatic rings. The quantitative estimate of drug-likeness (QED) is 0.919. The van der Waals surface area contributed by atoms with Crippen LogP contribution in [0.2, 0.25) is 0 Å². The van der Waals surface area contributed by atoms with Crippen molar-refractivity contribution < 1.29 is 14.3 Å². The number of hydrogen-bond acceptors (Lipinski definition) is 3. The molecule has 0 spiro atoms. The minimum absolute atomic E-state index is 0.177. The summed E-state index contributed by atoms with van der Waals surface area (Å²) in [5, 5.41) is 9.48. The molecule has 20 heavy (non-hydrogen) atoms. The number of hydrogen-bond donors (Lipinski definition) is 1. The fourth-order valence-electron chi connectivity index (χ4n) is 2.97. The fraction of sp³-hybridized carbons (Fsp3) is 0.688. The van der Waals surface area contributed by atoms with Crippen LogP contribution < -0.4 is 0 Å². The molecule has 2 rings (SSSR count). The van der Waals surface area contributed by atoms with Crippen molar-refractivity contribution in [1.82, 2.24) is 4.90 Å². The van der Waals surface area contributed by atoms with E-state index in [9.17, 15) is 9.90 Å². The van der Waals surface area contributed by atoms with Crippen molar-refractivity contribution in [3.05, 3.63) is 22.6 Å². The van der Waals surface area contributed by atoms with Crippen LogP contribution in [0.1, 0.15) is 67.5 Å². The Labute approximate surface area is 120 Å². The topological polar surface area (TPSA) is 53.7 Å². The number of carboxylic acid groups (broad SMARTS) is 1. The van der Waals surface area contributed by atoms with E-state index in [2.05, 4.69) is 25.7 Å². The van der Waals surface area contributed by atoms with Gasteiger partial charge in [-0.1, -0.05) is 27.2 Å². The van der Waals surface area contributed by atoms with Gasteiger partial charge in [0.05, 0.1) is 0 Å². The van der Waals surface area contributed by atoms with E-state index in [0.29, 0.717) is 17.9 Å². The summed E-state index contributed by atoms with van der Waals surface area (Å²) in [6.07, 6.45) is 3.67. The molecule has 0 amide bonds. The zero-order valence-corrected chi connectivity index (χ0v) is 13.0. The van der Waals surface area contributed by atoms with Gasteiger partial charge in [0, 0.05) is 17.5 Å². The van der Waals surface area contributed by atoms with Gasteiger partial charge in [-0.15, -0.1) is 0 Å². The Morgan fingerprint density at radius 3 is 2.35 bits per heavy atom. The van der Waals surface area contributed by atoms with Crippen LogP contribution in [-0.2, 0) is 12.0 Å². The van der Waals surface area contributed by atoms with E-state index in [1.807, 2.05) is 0 Å². The first-order valence-electron chi connectivity index (χ1n) is 7.39. The van der Waals surface area contributed by atoms with Crippen LogP contribution in [0.25, 0.3) is 0 Å². The van der Waals surface area contributed by atoms with Crippen molar-refractivity contribution in [2.45, 2.75) is 58.9 Å². The number of aromatic carboxylic acids is 1. The van der Waals surface area contributed by atoms with Crippen LogP contribution in [0.3, 0.4) is 0 Å². The second-order valence-corrected chi connectivity index (χ2v) is 6.73. The summed E-state index contributed by atoms with van der Waals surface area (Å²) in [7, 11) is 0. The number of furan rings is 1. The van der Waals surface area contributed by atoms with Gasteiger partial charge in [-0.25, -0.2) is 4.79 Å². The third-order valence-electron chi connectivity index (χ3n) is 3.91. The van der Waals surface area contributed by atoms with Gasteiger partial charge in [-0.3, -0.25) is 4.90 Å². The van der Waals surface area contributed by atoms with Crippen molar-refractivity contribution in [3.8, 4) is 0 Å². The number of rotatable bonds is 3. The summed E-state index contributed by atoms with van der Waals surface area (Å²) in [4.78, 5) is 13.9. The molecule has 1 aliphatic heterocycles.